The summed E-state index contributed by atoms with van der Waals surface area (Å²) in [7, 11) is 1.86. The molecule has 1 heterocycles. The molecule has 0 spiro atoms. The Morgan fingerprint density at radius 3 is 2.21 bits per heavy atom. The first-order valence-corrected chi connectivity index (χ1v) is 11.5. The lowest BCUT2D eigenvalue weighted by molar-refractivity contribution is -0.120. The van der Waals surface area contributed by atoms with Crippen LogP contribution < -0.4 is 9.64 Å². The third kappa shape index (κ3) is 4.46. The molecule has 0 atom stereocenters. The molecule has 0 fully saturated rings. The predicted octanol–water partition coefficient (Wildman–Crippen LogP) is 5.51. The van der Waals surface area contributed by atoms with Crippen LogP contribution in [-0.2, 0) is 16.1 Å². The van der Waals surface area contributed by atoms with Crippen molar-refractivity contribution >= 4 is 23.1 Å². The van der Waals surface area contributed by atoms with Crippen molar-refractivity contribution in [2.24, 2.45) is 0 Å². The van der Waals surface area contributed by atoms with E-state index in [4.69, 9.17) is 4.74 Å². The lowest BCUT2D eigenvalue weighted by Gasteiger charge is -2.23. The van der Waals surface area contributed by atoms with Gasteiger partial charge < -0.3 is 9.64 Å². The van der Waals surface area contributed by atoms with Gasteiger partial charge >= 0.3 is 0 Å². The van der Waals surface area contributed by atoms with Gasteiger partial charge in [0.2, 0.25) is 0 Å². The normalized spacial score (nSPS) is 13.8. The monoisotopic (exact) mass is 454 g/mol. The maximum absolute atomic E-state index is 13.9. The van der Waals surface area contributed by atoms with Crippen molar-refractivity contribution in [1.82, 2.24) is 4.90 Å². The van der Waals surface area contributed by atoms with E-state index < -0.39 is 0 Å². The largest absolute Gasteiger partial charge is 0.489 e. The average molecular weight is 455 g/mol. The fraction of sp³-hybridized carbons (Fsp3) is 0.241. The Labute approximate surface area is 201 Å². The average Bonchev–Trinajstić information content (AvgIpc) is 3.06. The van der Waals surface area contributed by atoms with Gasteiger partial charge in [-0.25, -0.2) is 4.90 Å². The smallest absolute Gasteiger partial charge is 0.282 e. The Balaban J connectivity index is 1.83. The molecule has 174 valence electrons. The number of aryl methyl sites for hydroxylation is 2. The van der Waals surface area contributed by atoms with Crippen molar-refractivity contribution < 1.29 is 14.3 Å². The van der Waals surface area contributed by atoms with Gasteiger partial charge in [0.15, 0.2) is 0 Å². The third-order valence-electron chi connectivity index (χ3n) is 5.97. The molecule has 34 heavy (non-hydrogen) atoms. The fourth-order valence-corrected chi connectivity index (χ4v) is 4.18. The maximum atomic E-state index is 13.9. The van der Waals surface area contributed by atoms with E-state index in [1.807, 2.05) is 100 Å². The van der Waals surface area contributed by atoms with Crippen LogP contribution in [0.4, 0.5) is 5.69 Å². The summed E-state index contributed by atoms with van der Waals surface area (Å²) >= 11 is 0. The number of hydrogen-bond acceptors (Lipinski definition) is 4. The van der Waals surface area contributed by atoms with Crippen LogP contribution in [0, 0.1) is 13.8 Å². The van der Waals surface area contributed by atoms with Crippen molar-refractivity contribution in [3.05, 3.63) is 101 Å². The van der Waals surface area contributed by atoms with Crippen molar-refractivity contribution in [2.45, 2.75) is 40.3 Å². The summed E-state index contributed by atoms with van der Waals surface area (Å²) in [5, 5.41) is 0. The molecule has 0 saturated heterocycles. The number of imide groups is 1. The molecule has 0 saturated carbocycles. The summed E-state index contributed by atoms with van der Waals surface area (Å²) in [6.45, 7) is 8.38. The summed E-state index contributed by atoms with van der Waals surface area (Å²) < 4.78 is 5.94. The van der Waals surface area contributed by atoms with Crippen molar-refractivity contribution in [3.63, 3.8) is 0 Å². The van der Waals surface area contributed by atoms with Gasteiger partial charge in [0.05, 0.1) is 17.4 Å². The molecule has 5 nitrogen and oxygen atoms in total. The van der Waals surface area contributed by atoms with Gasteiger partial charge in [-0.2, -0.15) is 0 Å². The quantitative estimate of drug-likeness (QED) is 0.442. The van der Waals surface area contributed by atoms with E-state index in [0.29, 0.717) is 29.3 Å². The highest BCUT2D eigenvalue weighted by molar-refractivity contribution is 6.45. The molecule has 0 bridgehead atoms. The minimum absolute atomic E-state index is 0.0960. The number of anilines is 1. The molecule has 0 N–H and O–H groups in total. The number of hydrogen-bond donors (Lipinski definition) is 0. The zero-order chi connectivity index (χ0) is 24.4. The number of rotatable bonds is 7. The second-order valence-corrected chi connectivity index (χ2v) is 8.94. The molecule has 3 aromatic carbocycles. The Hall–Kier alpha value is -3.86. The lowest BCUT2D eigenvalue weighted by Crippen LogP contribution is -2.34. The van der Waals surface area contributed by atoms with Gasteiger partial charge in [0, 0.05) is 13.6 Å². The Morgan fingerprint density at radius 2 is 1.53 bits per heavy atom. The fourth-order valence-electron chi connectivity index (χ4n) is 4.18. The van der Waals surface area contributed by atoms with E-state index in [1.54, 1.807) is 12.1 Å². The van der Waals surface area contributed by atoms with Crippen LogP contribution in [0.15, 0.2) is 78.5 Å². The summed E-state index contributed by atoms with van der Waals surface area (Å²) in [4.78, 5) is 30.9. The summed E-state index contributed by atoms with van der Waals surface area (Å²) in [6.07, 6.45) is -0.0960. The van der Waals surface area contributed by atoms with E-state index in [0.717, 1.165) is 22.3 Å². The number of likely N-dealkylation sites (N-methyl/N-ethyl adjacent to an activating group) is 1. The molecule has 1 aliphatic heterocycles. The number of amides is 2. The summed E-state index contributed by atoms with van der Waals surface area (Å²) in [6, 6.07) is 23.0. The van der Waals surface area contributed by atoms with E-state index in [-0.39, 0.29) is 17.9 Å². The number of benzene rings is 3. The Morgan fingerprint density at radius 1 is 0.853 bits per heavy atom. The summed E-state index contributed by atoms with van der Waals surface area (Å²) in [5.74, 6) is -0.190. The molecule has 0 aliphatic carbocycles. The van der Waals surface area contributed by atoms with Crippen LogP contribution in [0.2, 0.25) is 0 Å². The molecule has 1 aliphatic rings. The second-order valence-electron chi connectivity index (χ2n) is 8.94. The number of nitrogens with zero attached hydrogens (tertiary/aromatic N) is 2. The molecular weight excluding hydrogens is 424 g/mol. The highest BCUT2D eigenvalue weighted by atomic mass is 16.5. The molecule has 3 aromatic rings. The minimum atomic E-state index is -0.350. The first-order valence-electron chi connectivity index (χ1n) is 11.5. The number of ether oxygens (including phenoxy) is 1. The standard InChI is InChI=1S/C29H30N2O3/c1-19(2)34-25-14-10-9-13-24(25)31-28(32)26(23-16-15-20(3)21(4)17-23)27(29(31)33)30(5)18-22-11-7-6-8-12-22/h6-17,19H,18H2,1-5H3. The van der Waals surface area contributed by atoms with Crippen LogP contribution in [0.3, 0.4) is 0 Å². The van der Waals surface area contributed by atoms with E-state index in [9.17, 15) is 9.59 Å². The SMILES string of the molecule is Cc1ccc(C2=C(N(C)Cc3ccccc3)C(=O)N(c3ccccc3OC(C)C)C2=O)cc1C. The molecule has 0 unspecified atom stereocenters. The molecule has 4 rings (SSSR count). The van der Waals surface area contributed by atoms with Gasteiger partial charge in [0.25, 0.3) is 11.8 Å². The molecule has 0 radical (unpaired) electrons. The number of carbonyl (C=O) groups excluding carboxylic acids is 2. The van der Waals surface area contributed by atoms with Crippen LogP contribution in [0.1, 0.15) is 36.1 Å². The van der Waals surface area contributed by atoms with Gasteiger partial charge in [0.1, 0.15) is 11.4 Å². The van der Waals surface area contributed by atoms with Gasteiger partial charge in [-0.05, 0) is 62.1 Å². The molecular formula is C29H30N2O3. The first-order chi connectivity index (χ1) is 16.3. The highest BCUT2D eigenvalue weighted by Gasteiger charge is 2.43. The zero-order valence-corrected chi connectivity index (χ0v) is 20.3. The van der Waals surface area contributed by atoms with Gasteiger partial charge in [-0.15, -0.1) is 0 Å². The lowest BCUT2D eigenvalue weighted by atomic mass is 9.99. The number of para-hydroxylation sites is 2. The van der Waals surface area contributed by atoms with E-state index in [1.165, 1.54) is 4.90 Å². The Bertz CT molecular complexity index is 1260. The van der Waals surface area contributed by atoms with Crippen LogP contribution in [0.25, 0.3) is 5.57 Å². The summed E-state index contributed by atoms with van der Waals surface area (Å²) in [5.41, 5.74) is 5.24. The zero-order valence-electron chi connectivity index (χ0n) is 20.3. The van der Waals surface area contributed by atoms with Crippen LogP contribution in [0.5, 0.6) is 5.75 Å². The predicted molar refractivity (Wildman–Crippen MR) is 135 cm³/mol. The van der Waals surface area contributed by atoms with Crippen LogP contribution in [-0.4, -0.2) is 29.9 Å². The highest BCUT2D eigenvalue weighted by Crippen LogP contribution is 2.39. The molecule has 5 heteroatoms. The molecule has 0 aromatic heterocycles. The maximum Gasteiger partial charge on any atom is 0.282 e. The third-order valence-corrected chi connectivity index (χ3v) is 5.97. The second kappa shape index (κ2) is 9.56. The van der Waals surface area contributed by atoms with E-state index >= 15 is 0 Å². The van der Waals surface area contributed by atoms with Gasteiger partial charge in [-0.1, -0.05) is 60.7 Å². The topological polar surface area (TPSA) is 49.9 Å². The van der Waals surface area contributed by atoms with Crippen molar-refractivity contribution in [1.29, 1.82) is 0 Å². The first kappa shape index (κ1) is 23.3. The molecule has 2 amide bonds. The van der Waals surface area contributed by atoms with Crippen LogP contribution >= 0.6 is 0 Å². The minimum Gasteiger partial charge on any atom is -0.489 e. The van der Waals surface area contributed by atoms with E-state index in [2.05, 4.69) is 0 Å². The van der Waals surface area contributed by atoms with Crippen molar-refractivity contribution in [3.8, 4) is 5.75 Å². The number of carbonyl (C=O) groups is 2. The van der Waals surface area contributed by atoms with Crippen molar-refractivity contribution in [2.75, 3.05) is 11.9 Å². The van der Waals surface area contributed by atoms with Gasteiger partial charge in [-0.3, -0.25) is 9.59 Å². The Kier molecular flexibility index (Phi) is 6.55.